The van der Waals surface area contributed by atoms with Gasteiger partial charge in [0.15, 0.2) is 0 Å². The maximum Gasteiger partial charge on any atom is 0.587 e. The molecule has 0 saturated heterocycles. The van der Waals surface area contributed by atoms with Crippen LogP contribution in [0.2, 0.25) is 0 Å². The predicted molar refractivity (Wildman–Crippen MR) is 101 cm³/mol. The standard InChI is InChI=1S/C20H27O4P/c1-4-5-6-7-16-22-25(21,23-19-12-8-17(2)9-13-19)24-20-14-10-18(3)11-15-20/h8-15H,4-7,16H2,1-3H3. The van der Waals surface area contributed by atoms with Crippen LogP contribution in [0.5, 0.6) is 11.5 Å². The Hall–Kier alpha value is -1.77. The minimum absolute atomic E-state index is 0.342. The molecule has 0 aliphatic rings. The Labute approximate surface area is 150 Å². The first-order chi connectivity index (χ1) is 12.0. The maximum absolute atomic E-state index is 13.1. The fraction of sp³-hybridized carbons (Fsp3) is 0.400. The van der Waals surface area contributed by atoms with Crippen LogP contribution in [0.1, 0.15) is 43.7 Å². The molecule has 0 heterocycles. The van der Waals surface area contributed by atoms with Gasteiger partial charge in [-0.2, -0.15) is 0 Å². The maximum atomic E-state index is 13.1. The van der Waals surface area contributed by atoms with E-state index < -0.39 is 7.82 Å². The molecule has 0 aromatic heterocycles. The summed E-state index contributed by atoms with van der Waals surface area (Å²) in [7, 11) is -3.74. The van der Waals surface area contributed by atoms with Crippen LogP contribution in [0.15, 0.2) is 48.5 Å². The van der Waals surface area contributed by atoms with E-state index in [0.29, 0.717) is 18.1 Å². The minimum atomic E-state index is -3.74. The topological polar surface area (TPSA) is 44.8 Å². The van der Waals surface area contributed by atoms with E-state index in [1.54, 1.807) is 24.3 Å². The lowest BCUT2D eigenvalue weighted by molar-refractivity contribution is 0.205. The summed E-state index contributed by atoms with van der Waals surface area (Å²) in [5.74, 6) is 0.934. The first-order valence-electron chi connectivity index (χ1n) is 8.78. The molecule has 0 atom stereocenters. The summed E-state index contributed by atoms with van der Waals surface area (Å²) in [4.78, 5) is 0. The summed E-state index contributed by atoms with van der Waals surface area (Å²) in [6.45, 7) is 6.45. The molecule has 5 heteroatoms. The van der Waals surface area contributed by atoms with E-state index >= 15 is 0 Å². The van der Waals surface area contributed by atoms with Crippen LogP contribution >= 0.6 is 7.82 Å². The van der Waals surface area contributed by atoms with Crippen molar-refractivity contribution >= 4 is 7.82 Å². The quantitative estimate of drug-likeness (QED) is 0.359. The van der Waals surface area contributed by atoms with E-state index in [1.807, 2.05) is 38.1 Å². The number of hydrogen-bond donors (Lipinski definition) is 0. The van der Waals surface area contributed by atoms with Gasteiger partial charge in [0.2, 0.25) is 0 Å². The molecule has 0 spiro atoms. The SMILES string of the molecule is CCCCCCOP(=O)(Oc1ccc(C)cc1)Oc1ccc(C)cc1. The van der Waals surface area contributed by atoms with E-state index in [-0.39, 0.29) is 0 Å². The Morgan fingerprint density at radius 3 is 1.68 bits per heavy atom. The van der Waals surface area contributed by atoms with Gasteiger partial charge in [-0.3, -0.25) is 4.52 Å². The van der Waals surface area contributed by atoms with Gasteiger partial charge in [0.05, 0.1) is 6.61 Å². The predicted octanol–water partition coefficient (Wildman–Crippen LogP) is 6.47. The smallest absolute Gasteiger partial charge is 0.395 e. The van der Waals surface area contributed by atoms with E-state index in [1.165, 1.54) is 0 Å². The van der Waals surface area contributed by atoms with Crippen LogP contribution in [-0.2, 0) is 9.09 Å². The van der Waals surface area contributed by atoms with Gasteiger partial charge in [-0.05, 0) is 44.5 Å². The molecule has 2 aromatic rings. The molecule has 0 fully saturated rings. The fourth-order valence-electron chi connectivity index (χ4n) is 2.23. The average molecular weight is 362 g/mol. The summed E-state index contributed by atoms with van der Waals surface area (Å²) < 4.78 is 29.9. The summed E-state index contributed by atoms with van der Waals surface area (Å²) in [6.07, 6.45) is 4.13. The highest BCUT2D eigenvalue weighted by Crippen LogP contribution is 2.49. The Kier molecular flexibility index (Phi) is 7.54. The molecule has 0 radical (unpaired) electrons. The molecule has 25 heavy (non-hydrogen) atoms. The monoisotopic (exact) mass is 362 g/mol. The lowest BCUT2D eigenvalue weighted by Gasteiger charge is -2.19. The zero-order chi connectivity index (χ0) is 18.1. The van der Waals surface area contributed by atoms with Crippen LogP contribution < -0.4 is 9.05 Å². The lowest BCUT2D eigenvalue weighted by Crippen LogP contribution is -2.06. The van der Waals surface area contributed by atoms with Crippen molar-refractivity contribution in [2.75, 3.05) is 6.61 Å². The number of aryl methyl sites for hydroxylation is 2. The molecule has 2 aromatic carbocycles. The number of phosphoric acid groups is 1. The second-order valence-electron chi connectivity index (χ2n) is 6.15. The fourth-order valence-corrected chi connectivity index (χ4v) is 3.49. The summed E-state index contributed by atoms with van der Waals surface area (Å²) in [6, 6.07) is 14.6. The average Bonchev–Trinajstić information content (AvgIpc) is 2.59. The zero-order valence-electron chi connectivity index (χ0n) is 15.2. The number of hydrogen-bond acceptors (Lipinski definition) is 4. The van der Waals surface area contributed by atoms with Gasteiger partial charge in [-0.1, -0.05) is 61.6 Å². The van der Waals surface area contributed by atoms with Crippen LogP contribution in [0, 0.1) is 13.8 Å². The van der Waals surface area contributed by atoms with Gasteiger partial charge >= 0.3 is 7.82 Å². The number of phosphoric ester groups is 1. The van der Waals surface area contributed by atoms with Crippen molar-refractivity contribution in [2.24, 2.45) is 0 Å². The highest BCUT2D eigenvalue weighted by molar-refractivity contribution is 7.49. The molecular formula is C20H27O4P. The molecule has 2 rings (SSSR count). The summed E-state index contributed by atoms with van der Waals surface area (Å²) in [5.41, 5.74) is 2.20. The number of rotatable bonds is 10. The Morgan fingerprint density at radius 1 is 0.760 bits per heavy atom. The Morgan fingerprint density at radius 2 is 1.24 bits per heavy atom. The first kappa shape index (κ1) is 19.6. The highest BCUT2D eigenvalue weighted by Gasteiger charge is 2.30. The molecule has 0 aliphatic carbocycles. The van der Waals surface area contributed by atoms with Crippen molar-refractivity contribution < 1.29 is 18.1 Å². The van der Waals surface area contributed by atoms with Crippen LogP contribution in [-0.4, -0.2) is 6.61 Å². The number of benzene rings is 2. The van der Waals surface area contributed by atoms with Gasteiger partial charge in [-0.15, -0.1) is 0 Å². The Balaban J connectivity index is 2.07. The van der Waals surface area contributed by atoms with Gasteiger partial charge in [-0.25, -0.2) is 4.57 Å². The van der Waals surface area contributed by atoms with E-state index in [9.17, 15) is 4.57 Å². The van der Waals surface area contributed by atoms with Crippen molar-refractivity contribution in [2.45, 2.75) is 46.5 Å². The second-order valence-corrected chi connectivity index (χ2v) is 7.67. The summed E-state index contributed by atoms with van der Waals surface area (Å²) >= 11 is 0. The van der Waals surface area contributed by atoms with E-state index in [4.69, 9.17) is 13.6 Å². The van der Waals surface area contributed by atoms with Crippen LogP contribution in [0.3, 0.4) is 0 Å². The third-order valence-corrected chi connectivity index (χ3v) is 5.09. The second kappa shape index (κ2) is 9.65. The minimum Gasteiger partial charge on any atom is -0.395 e. The van der Waals surface area contributed by atoms with Gasteiger partial charge in [0.1, 0.15) is 11.5 Å². The van der Waals surface area contributed by atoms with Crippen molar-refractivity contribution in [3.63, 3.8) is 0 Å². The van der Waals surface area contributed by atoms with Gasteiger partial charge < -0.3 is 9.05 Å². The Bertz CT molecular complexity index is 628. The molecule has 136 valence electrons. The van der Waals surface area contributed by atoms with Crippen molar-refractivity contribution in [3.05, 3.63) is 59.7 Å². The third-order valence-electron chi connectivity index (χ3n) is 3.72. The molecular weight excluding hydrogens is 335 g/mol. The largest absolute Gasteiger partial charge is 0.587 e. The molecule has 4 nitrogen and oxygen atoms in total. The van der Waals surface area contributed by atoms with Crippen molar-refractivity contribution in [1.29, 1.82) is 0 Å². The van der Waals surface area contributed by atoms with Gasteiger partial charge in [0.25, 0.3) is 0 Å². The molecule has 0 N–H and O–H groups in total. The van der Waals surface area contributed by atoms with Crippen molar-refractivity contribution in [3.8, 4) is 11.5 Å². The first-order valence-corrected chi connectivity index (χ1v) is 10.2. The van der Waals surface area contributed by atoms with Crippen LogP contribution in [0.4, 0.5) is 0 Å². The van der Waals surface area contributed by atoms with E-state index in [0.717, 1.165) is 36.8 Å². The van der Waals surface area contributed by atoms with Crippen LogP contribution in [0.25, 0.3) is 0 Å². The molecule has 0 saturated carbocycles. The zero-order valence-corrected chi connectivity index (χ0v) is 16.1. The highest BCUT2D eigenvalue weighted by atomic mass is 31.2. The molecule has 0 bridgehead atoms. The normalized spacial score (nSPS) is 11.3. The number of unbranched alkanes of at least 4 members (excludes halogenated alkanes) is 3. The van der Waals surface area contributed by atoms with E-state index in [2.05, 4.69) is 6.92 Å². The van der Waals surface area contributed by atoms with Gasteiger partial charge in [0, 0.05) is 0 Å². The molecule has 0 aliphatic heterocycles. The molecule has 0 amide bonds. The lowest BCUT2D eigenvalue weighted by atomic mass is 10.2. The third kappa shape index (κ3) is 6.93. The van der Waals surface area contributed by atoms with Crippen molar-refractivity contribution in [1.82, 2.24) is 0 Å². The summed E-state index contributed by atoms with van der Waals surface area (Å²) in [5, 5.41) is 0. The molecule has 0 unspecified atom stereocenters.